The first kappa shape index (κ1) is 20.4. The van der Waals surface area contributed by atoms with Crippen molar-refractivity contribution in [3.8, 4) is 16.5 Å². The molecule has 2 heterocycles. The molecule has 0 saturated heterocycles. The maximum absolute atomic E-state index is 12.5. The molecule has 1 fully saturated rings. The molecule has 3 aromatic rings. The second-order valence-corrected chi connectivity index (χ2v) is 8.48. The molecule has 1 amide bonds. The molecule has 1 aliphatic rings. The number of nitro groups is 1. The van der Waals surface area contributed by atoms with Gasteiger partial charge in [-0.15, -0.1) is 21.5 Å². The van der Waals surface area contributed by atoms with Crippen molar-refractivity contribution in [3.05, 3.63) is 45.8 Å². The molecule has 4 rings (SSSR count). The summed E-state index contributed by atoms with van der Waals surface area (Å²) in [5, 5.41) is 25.2. The van der Waals surface area contributed by atoms with Crippen molar-refractivity contribution >= 4 is 40.4 Å². The Bertz CT molecular complexity index is 1060. The topological polar surface area (TPSA) is 112 Å². The predicted molar refractivity (Wildman–Crippen MR) is 115 cm³/mol. The first-order valence-corrected chi connectivity index (χ1v) is 11.3. The van der Waals surface area contributed by atoms with Gasteiger partial charge in [-0.2, -0.15) is 0 Å². The van der Waals surface area contributed by atoms with E-state index < -0.39 is 4.92 Å². The van der Waals surface area contributed by atoms with Gasteiger partial charge in [-0.1, -0.05) is 17.8 Å². The lowest BCUT2D eigenvalue weighted by molar-refractivity contribution is -0.384. The Labute approximate surface area is 180 Å². The van der Waals surface area contributed by atoms with Crippen LogP contribution in [-0.2, 0) is 4.79 Å². The highest BCUT2D eigenvalue weighted by Gasteiger charge is 2.30. The molecule has 0 atom stereocenters. The molecule has 30 heavy (non-hydrogen) atoms. The normalized spacial score (nSPS) is 13.2. The van der Waals surface area contributed by atoms with Gasteiger partial charge in [0.05, 0.1) is 28.2 Å². The molecule has 11 heteroatoms. The lowest BCUT2D eigenvalue weighted by Gasteiger charge is -2.09. The molecule has 1 aliphatic carbocycles. The van der Waals surface area contributed by atoms with E-state index >= 15 is 0 Å². The van der Waals surface area contributed by atoms with E-state index in [2.05, 4.69) is 20.1 Å². The molecule has 0 aliphatic heterocycles. The molecule has 2 aromatic heterocycles. The number of anilines is 1. The van der Waals surface area contributed by atoms with Crippen LogP contribution in [-0.4, -0.2) is 38.0 Å². The van der Waals surface area contributed by atoms with Crippen LogP contribution in [0.1, 0.15) is 25.8 Å². The van der Waals surface area contributed by atoms with E-state index in [-0.39, 0.29) is 23.0 Å². The molecule has 0 bridgehead atoms. The Hall–Kier alpha value is -2.92. The van der Waals surface area contributed by atoms with Gasteiger partial charge in [-0.25, -0.2) is 0 Å². The number of hydrogen-bond acceptors (Lipinski definition) is 8. The molecule has 0 spiro atoms. The van der Waals surface area contributed by atoms with Crippen LogP contribution in [0.5, 0.6) is 5.75 Å². The third-order valence-corrected chi connectivity index (χ3v) is 6.21. The van der Waals surface area contributed by atoms with Crippen LogP contribution in [0.15, 0.2) is 40.9 Å². The average Bonchev–Trinajstić information content (AvgIpc) is 3.24. The number of carbonyl (C=O) groups is 1. The maximum Gasteiger partial charge on any atom is 0.296 e. The van der Waals surface area contributed by atoms with Gasteiger partial charge in [0.2, 0.25) is 5.91 Å². The minimum absolute atomic E-state index is 0.0691. The average molecular weight is 446 g/mol. The second-order valence-electron chi connectivity index (χ2n) is 6.59. The van der Waals surface area contributed by atoms with E-state index in [0.29, 0.717) is 23.6 Å². The van der Waals surface area contributed by atoms with E-state index in [1.165, 1.54) is 23.9 Å². The number of ether oxygens (including phenoxy) is 1. The summed E-state index contributed by atoms with van der Waals surface area (Å²) in [5.74, 6) is 0.919. The van der Waals surface area contributed by atoms with Crippen molar-refractivity contribution in [3.63, 3.8) is 0 Å². The number of nitrogens with one attached hydrogen (secondary N) is 1. The largest absolute Gasteiger partial charge is 0.494 e. The number of amides is 1. The fourth-order valence-corrected chi connectivity index (χ4v) is 4.46. The van der Waals surface area contributed by atoms with Gasteiger partial charge in [0.15, 0.2) is 11.0 Å². The highest BCUT2D eigenvalue weighted by atomic mass is 32.2. The van der Waals surface area contributed by atoms with Crippen LogP contribution >= 0.6 is 23.1 Å². The number of aromatic nitrogens is 3. The summed E-state index contributed by atoms with van der Waals surface area (Å²) in [6, 6.07) is 8.71. The summed E-state index contributed by atoms with van der Waals surface area (Å²) in [6.07, 6.45) is 2.13. The predicted octanol–water partition coefficient (Wildman–Crippen LogP) is 4.38. The zero-order valence-electron chi connectivity index (χ0n) is 16.1. The van der Waals surface area contributed by atoms with Crippen LogP contribution in [0.3, 0.4) is 0 Å². The van der Waals surface area contributed by atoms with Crippen LogP contribution in [0.2, 0.25) is 0 Å². The Kier molecular flexibility index (Phi) is 6.00. The van der Waals surface area contributed by atoms with Crippen LogP contribution in [0.25, 0.3) is 10.7 Å². The van der Waals surface area contributed by atoms with Crippen molar-refractivity contribution in [2.75, 3.05) is 17.7 Å². The van der Waals surface area contributed by atoms with Crippen LogP contribution < -0.4 is 10.1 Å². The summed E-state index contributed by atoms with van der Waals surface area (Å²) < 4.78 is 7.38. The molecule has 156 valence electrons. The first-order chi connectivity index (χ1) is 14.6. The van der Waals surface area contributed by atoms with E-state index in [4.69, 9.17) is 4.74 Å². The number of nitro benzene ring substituents is 1. The molecular weight excluding hydrogens is 426 g/mol. The number of nitrogens with zero attached hydrogens (tertiary/aromatic N) is 4. The summed E-state index contributed by atoms with van der Waals surface area (Å²) in [4.78, 5) is 24.3. The van der Waals surface area contributed by atoms with Gasteiger partial charge in [-0.05, 0) is 43.3 Å². The molecule has 0 radical (unpaired) electrons. The Balaban J connectivity index is 1.45. The van der Waals surface area contributed by atoms with Gasteiger partial charge in [0.25, 0.3) is 5.69 Å². The molecular formula is C19H19N5O4S2. The Morgan fingerprint density at radius 2 is 2.23 bits per heavy atom. The number of benzene rings is 1. The highest BCUT2D eigenvalue weighted by Crippen LogP contribution is 2.41. The van der Waals surface area contributed by atoms with Gasteiger partial charge in [-0.3, -0.25) is 19.5 Å². The van der Waals surface area contributed by atoms with Crippen molar-refractivity contribution in [2.24, 2.45) is 0 Å². The zero-order chi connectivity index (χ0) is 21.1. The molecule has 9 nitrogen and oxygen atoms in total. The number of carbonyl (C=O) groups excluding carboxylic acids is 1. The number of thiophene rings is 1. The minimum atomic E-state index is -0.539. The highest BCUT2D eigenvalue weighted by molar-refractivity contribution is 7.99. The fourth-order valence-electron chi connectivity index (χ4n) is 2.95. The molecule has 1 N–H and O–H groups in total. The number of rotatable bonds is 9. The summed E-state index contributed by atoms with van der Waals surface area (Å²) in [6.45, 7) is 2.19. The smallest absolute Gasteiger partial charge is 0.296 e. The van der Waals surface area contributed by atoms with Crippen molar-refractivity contribution in [1.29, 1.82) is 0 Å². The van der Waals surface area contributed by atoms with Crippen LogP contribution in [0, 0.1) is 10.1 Å². The van der Waals surface area contributed by atoms with Gasteiger partial charge >= 0.3 is 0 Å². The minimum Gasteiger partial charge on any atom is -0.494 e. The third kappa shape index (κ3) is 4.46. The summed E-state index contributed by atoms with van der Waals surface area (Å²) in [7, 11) is 0. The Morgan fingerprint density at radius 1 is 1.40 bits per heavy atom. The SMILES string of the molecule is CCOc1ccc(NC(=O)CSc2nnc(-c3cccs3)n2C2CC2)c([N+](=O)[O-])c1. The van der Waals surface area contributed by atoms with E-state index in [1.807, 2.05) is 17.5 Å². The van der Waals surface area contributed by atoms with Gasteiger partial charge < -0.3 is 10.1 Å². The van der Waals surface area contributed by atoms with Crippen LogP contribution in [0.4, 0.5) is 11.4 Å². The van der Waals surface area contributed by atoms with E-state index in [9.17, 15) is 14.9 Å². The second kappa shape index (κ2) is 8.84. The lowest BCUT2D eigenvalue weighted by Crippen LogP contribution is -2.15. The molecule has 1 saturated carbocycles. The summed E-state index contributed by atoms with van der Waals surface area (Å²) in [5.41, 5.74) is -0.0718. The zero-order valence-corrected chi connectivity index (χ0v) is 17.7. The number of hydrogen-bond donors (Lipinski definition) is 1. The van der Waals surface area contributed by atoms with Gasteiger partial charge in [0, 0.05) is 6.04 Å². The lowest BCUT2D eigenvalue weighted by atomic mass is 10.2. The summed E-state index contributed by atoms with van der Waals surface area (Å²) >= 11 is 2.87. The fraction of sp³-hybridized carbons (Fsp3) is 0.316. The quantitative estimate of drug-likeness (QED) is 0.295. The standard InChI is InChI=1S/C19H19N5O4S2/c1-2-28-13-7-8-14(15(10-13)24(26)27)20-17(25)11-30-19-22-21-18(16-4-3-9-29-16)23(19)12-5-6-12/h3-4,7-10,12H,2,5-6,11H2,1H3,(H,20,25). The van der Waals surface area contributed by atoms with Gasteiger partial charge in [0.1, 0.15) is 11.4 Å². The van der Waals surface area contributed by atoms with E-state index in [1.54, 1.807) is 24.3 Å². The maximum atomic E-state index is 12.5. The third-order valence-electron chi connectivity index (χ3n) is 4.40. The van der Waals surface area contributed by atoms with E-state index in [0.717, 1.165) is 23.5 Å². The van der Waals surface area contributed by atoms with Crippen molar-refractivity contribution in [1.82, 2.24) is 14.8 Å². The van der Waals surface area contributed by atoms with Crippen molar-refractivity contribution < 1.29 is 14.5 Å². The Morgan fingerprint density at radius 3 is 2.90 bits per heavy atom. The first-order valence-electron chi connectivity index (χ1n) is 9.39. The van der Waals surface area contributed by atoms with Crippen molar-refractivity contribution in [2.45, 2.75) is 31.0 Å². The monoisotopic (exact) mass is 445 g/mol. The molecule has 1 aromatic carbocycles. The number of thioether (sulfide) groups is 1. The molecule has 0 unspecified atom stereocenters.